The van der Waals surface area contributed by atoms with Crippen molar-refractivity contribution >= 4 is 25.4 Å². The largest absolute Gasteiger partial charge is 0.457 e. The monoisotopic (exact) mass is 706 g/mol. The Balaban J connectivity index is 0.000000466. The van der Waals surface area contributed by atoms with Gasteiger partial charge in [-0.2, -0.15) is 13.5 Å². The zero-order chi connectivity index (χ0) is 34.1. The van der Waals surface area contributed by atoms with Crippen molar-refractivity contribution in [1.82, 2.24) is 10.6 Å². The second-order valence-corrected chi connectivity index (χ2v) is 18.5. The minimum absolute atomic E-state index is 0. The van der Waals surface area contributed by atoms with Crippen LogP contribution in [0.5, 0.6) is 0 Å². The number of carbonyl (C=O) groups excluding carboxylic acids is 2. The van der Waals surface area contributed by atoms with Crippen LogP contribution < -0.4 is 10.6 Å². The van der Waals surface area contributed by atoms with E-state index in [-0.39, 0.29) is 55.4 Å². The Morgan fingerprint density at radius 3 is 2.39 bits per heavy atom. The molecule has 3 N–H and O–H groups in total. The summed E-state index contributed by atoms with van der Waals surface area (Å²) in [6.45, 7) is 15.8. The van der Waals surface area contributed by atoms with Gasteiger partial charge in [-0.05, 0) is 136 Å². The van der Waals surface area contributed by atoms with Crippen LogP contribution in [-0.4, -0.2) is 79.5 Å². The number of morpholine rings is 1. The summed E-state index contributed by atoms with van der Waals surface area (Å²) in [6, 6.07) is 0. The Hall–Kier alpha value is -0.910. The van der Waals surface area contributed by atoms with E-state index in [1.807, 2.05) is 0 Å². The van der Waals surface area contributed by atoms with Gasteiger partial charge in [0, 0.05) is 33.0 Å². The zero-order valence-electron chi connectivity index (χ0n) is 31.1. The minimum atomic E-state index is -1.13. The van der Waals surface area contributed by atoms with Gasteiger partial charge in [0.15, 0.2) is 12.4 Å². The normalized spacial score (nSPS) is 45.6. The summed E-state index contributed by atoms with van der Waals surface area (Å²) in [5, 5.41) is 17.0. The molecule has 0 radical (unpaired) electrons. The lowest BCUT2D eigenvalue weighted by Gasteiger charge is -2.60. The SMILES string of the molecule is CC(=O)O[C@@H](C1CCC2C(CC3C4CCC5C(C)(C)[C@@H](OC6CNCCO6)CC[C@@]56C[C@@]46CCC23C)O1)C(C)(C)O.O=C1CCCCN1.S. The third-order valence-electron chi connectivity index (χ3n) is 15.2. The molecular weight excluding hydrogens is 641 g/mol. The van der Waals surface area contributed by atoms with E-state index in [0.29, 0.717) is 28.1 Å². The van der Waals surface area contributed by atoms with Gasteiger partial charge >= 0.3 is 5.97 Å². The van der Waals surface area contributed by atoms with Gasteiger partial charge in [-0.1, -0.05) is 20.8 Å². The zero-order valence-corrected chi connectivity index (χ0v) is 32.1. The van der Waals surface area contributed by atoms with Crippen molar-refractivity contribution in [3.63, 3.8) is 0 Å². The van der Waals surface area contributed by atoms with E-state index in [4.69, 9.17) is 18.9 Å². The smallest absolute Gasteiger partial charge is 0.303 e. The first-order valence-electron chi connectivity index (χ1n) is 19.5. The molecule has 280 valence electrons. The summed E-state index contributed by atoms with van der Waals surface area (Å²) in [7, 11) is 0. The first-order chi connectivity index (χ1) is 22.7. The van der Waals surface area contributed by atoms with Gasteiger partial charge in [0.1, 0.15) is 0 Å². The Kier molecular flexibility index (Phi) is 10.7. The molecule has 1 amide bonds. The van der Waals surface area contributed by atoms with Crippen molar-refractivity contribution in [3.05, 3.63) is 0 Å². The lowest BCUT2D eigenvalue weighted by atomic mass is 9.46. The highest BCUT2D eigenvalue weighted by atomic mass is 32.1. The molecule has 0 bridgehead atoms. The fourth-order valence-corrected chi connectivity index (χ4v) is 13.1. The Labute approximate surface area is 301 Å². The summed E-state index contributed by atoms with van der Waals surface area (Å²) in [5.74, 6) is 2.66. The highest BCUT2D eigenvalue weighted by molar-refractivity contribution is 7.59. The molecule has 49 heavy (non-hydrogen) atoms. The fourth-order valence-electron chi connectivity index (χ4n) is 13.1. The molecule has 8 fully saturated rings. The van der Waals surface area contributed by atoms with Crippen LogP contribution in [-0.2, 0) is 28.5 Å². The van der Waals surface area contributed by atoms with Gasteiger partial charge in [0.05, 0.1) is 30.5 Å². The molecule has 10 heteroatoms. The Morgan fingerprint density at radius 1 is 0.980 bits per heavy atom. The summed E-state index contributed by atoms with van der Waals surface area (Å²) < 4.78 is 25.1. The summed E-state index contributed by atoms with van der Waals surface area (Å²) >= 11 is 0. The van der Waals surface area contributed by atoms with Crippen LogP contribution in [0.2, 0.25) is 0 Å². The molecule has 8 aliphatic rings. The van der Waals surface area contributed by atoms with Gasteiger partial charge in [0.2, 0.25) is 5.91 Å². The van der Waals surface area contributed by atoms with E-state index >= 15 is 0 Å². The maximum absolute atomic E-state index is 11.9. The van der Waals surface area contributed by atoms with Crippen LogP contribution in [0.25, 0.3) is 0 Å². The van der Waals surface area contributed by atoms with Gasteiger partial charge in [-0.3, -0.25) is 9.59 Å². The number of fused-ring (bicyclic) bond motifs is 4. The third-order valence-corrected chi connectivity index (χ3v) is 15.2. The van der Waals surface area contributed by atoms with Gasteiger partial charge in [-0.15, -0.1) is 0 Å². The second kappa shape index (κ2) is 13.8. The predicted molar refractivity (Wildman–Crippen MR) is 192 cm³/mol. The number of carbonyl (C=O) groups is 2. The van der Waals surface area contributed by atoms with Crippen molar-refractivity contribution in [3.8, 4) is 0 Å². The molecule has 9 nitrogen and oxygen atoms in total. The summed E-state index contributed by atoms with van der Waals surface area (Å²) in [4.78, 5) is 22.3. The van der Waals surface area contributed by atoms with Gasteiger partial charge in [-0.25, -0.2) is 0 Å². The molecule has 5 saturated carbocycles. The predicted octanol–water partition coefficient (Wildman–Crippen LogP) is 5.63. The number of aliphatic hydroxyl groups is 1. The number of ether oxygens (including phenoxy) is 4. The lowest BCUT2D eigenvalue weighted by molar-refractivity contribution is -0.232. The van der Waals surface area contributed by atoms with E-state index in [9.17, 15) is 14.7 Å². The molecule has 3 heterocycles. The molecule has 8 rings (SSSR count). The first-order valence-corrected chi connectivity index (χ1v) is 19.5. The molecular formula is C39H66N2O7S. The van der Waals surface area contributed by atoms with E-state index < -0.39 is 11.7 Å². The number of esters is 1. The highest BCUT2D eigenvalue weighted by Crippen LogP contribution is 2.87. The average molecular weight is 707 g/mol. The van der Waals surface area contributed by atoms with E-state index in [0.717, 1.165) is 83.0 Å². The van der Waals surface area contributed by atoms with Gasteiger partial charge in [0.25, 0.3) is 0 Å². The highest BCUT2D eigenvalue weighted by Gasteiger charge is 2.80. The number of rotatable bonds is 5. The van der Waals surface area contributed by atoms with Crippen molar-refractivity contribution in [2.45, 2.75) is 161 Å². The van der Waals surface area contributed by atoms with Crippen molar-refractivity contribution < 1.29 is 33.6 Å². The number of amides is 1. The summed E-state index contributed by atoms with van der Waals surface area (Å²) in [5.41, 5.74) is 0.360. The lowest BCUT2D eigenvalue weighted by Crippen LogP contribution is -2.56. The van der Waals surface area contributed by atoms with Crippen LogP contribution in [0.15, 0.2) is 0 Å². The number of hydrogen-bond acceptors (Lipinski definition) is 8. The molecule has 3 aliphatic heterocycles. The molecule has 3 saturated heterocycles. The quantitative estimate of drug-likeness (QED) is 0.316. The number of piperidine rings is 1. The van der Waals surface area contributed by atoms with Crippen LogP contribution in [0.1, 0.15) is 125 Å². The van der Waals surface area contributed by atoms with E-state index in [1.54, 1.807) is 13.8 Å². The molecule has 0 aromatic heterocycles. The second-order valence-electron chi connectivity index (χ2n) is 18.5. The third kappa shape index (κ3) is 6.53. The maximum atomic E-state index is 11.9. The maximum Gasteiger partial charge on any atom is 0.303 e. The van der Waals surface area contributed by atoms with E-state index in [2.05, 4.69) is 31.4 Å². The van der Waals surface area contributed by atoms with E-state index in [1.165, 1.54) is 45.4 Å². The fraction of sp³-hybridized carbons (Fsp3) is 0.949. The first kappa shape index (κ1) is 37.8. The van der Waals surface area contributed by atoms with Crippen molar-refractivity contribution in [1.29, 1.82) is 0 Å². The Bertz CT molecular complexity index is 1210. The Morgan fingerprint density at radius 2 is 1.76 bits per heavy atom. The van der Waals surface area contributed by atoms with Crippen LogP contribution >= 0.6 is 13.5 Å². The average Bonchev–Trinajstić information content (AvgIpc) is 3.61. The van der Waals surface area contributed by atoms with Gasteiger partial charge < -0.3 is 34.7 Å². The topological polar surface area (TPSA) is 115 Å². The minimum Gasteiger partial charge on any atom is -0.457 e. The number of hydrogen-bond donors (Lipinski definition) is 3. The molecule has 5 aliphatic carbocycles. The van der Waals surface area contributed by atoms with Crippen LogP contribution in [0.3, 0.4) is 0 Å². The number of nitrogens with one attached hydrogen (secondary N) is 2. The standard InChI is InChI=1S/C34H55NO6.C5H9NO.H2S/c1-20(36)39-29(31(4,5)37)24-9-7-22-25(40-24)17-23-21-8-10-26-30(2,3)27(41-28-18-35-15-16-38-28)11-12-34(26)19-33(21,34)14-13-32(22,23)6;7-5-3-1-2-4-6-5;/h21-29,35,37H,7-19H2,1-6H3;1-4H2,(H,6,7);1H2/t21?,22?,23?,24?,25?,26?,27-,28?,29-,32?,33-,34+;;/m0../s1. The van der Waals surface area contributed by atoms with Crippen LogP contribution in [0, 0.1) is 45.3 Å². The molecule has 0 aromatic rings. The molecule has 0 aromatic carbocycles. The van der Waals surface area contributed by atoms with Crippen molar-refractivity contribution in [2.75, 3.05) is 26.2 Å². The molecule has 8 unspecified atom stereocenters. The summed E-state index contributed by atoms with van der Waals surface area (Å²) in [6.07, 6.45) is 14.8. The molecule has 12 atom stereocenters. The van der Waals surface area contributed by atoms with Crippen LogP contribution in [0.4, 0.5) is 0 Å². The van der Waals surface area contributed by atoms with Crippen molar-refractivity contribution in [2.24, 2.45) is 45.3 Å². The molecule has 2 spiro atoms.